The van der Waals surface area contributed by atoms with Crippen LogP contribution >= 0.6 is 0 Å². The fourth-order valence-electron chi connectivity index (χ4n) is 0.601. The highest BCUT2D eigenvalue weighted by Gasteiger charge is 2.15. The SMILES string of the molecule is O=C1COCC(=O)C1. The summed E-state index contributed by atoms with van der Waals surface area (Å²) in [6, 6.07) is 0. The standard InChI is InChI=1S/C5H6O3/c6-4-1-5(7)3-8-2-4/h1-3H2. The van der Waals surface area contributed by atoms with Crippen LogP contribution in [0.25, 0.3) is 0 Å². The lowest BCUT2D eigenvalue weighted by Gasteiger charge is -2.06. The van der Waals surface area contributed by atoms with Gasteiger partial charge in [-0.05, 0) is 0 Å². The third-order valence-electron chi connectivity index (χ3n) is 0.920. The molecule has 0 N–H and O–H groups in total. The van der Waals surface area contributed by atoms with Crippen molar-refractivity contribution in [1.82, 2.24) is 0 Å². The average Bonchev–Trinajstić information content (AvgIpc) is 1.64. The van der Waals surface area contributed by atoms with E-state index in [2.05, 4.69) is 4.74 Å². The van der Waals surface area contributed by atoms with Gasteiger partial charge in [-0.2, -0.15) is 0 Å². The lowest BCUT2D eigenvalue weighted by Crippen LogP contribution is -2.24. The number of hydrogen-bond donors (Lipinski definition) is 0. The average molecular weight is 114 g/mol. The zero-order chi connectivity index (χ0) is 5.98. The van der Waals surface area contributed by atoms with E-state index in [1.807, 2.05) is 0 Å². The van der Waals surface area contributed by atoms with Crippen LogP contribution < -0.4 is 0 Å². The van der Waals surface area contributed by atoms with Crippen LogP contribution in [0.4, 0.5) is 0 Å². The van der Waals surface area contributed by atoms with Gasteiger partial charge < -0.3 is 4.74 Å². The van der Waals surface area contributed by atoms with Crippen molar-refractivity contribution >= 4 is 11.6 Å². The predicted octanol–water partition coefficient (Wildman–Crippen LogP) is -0.455. The molecule has 1 heterocycles. The molecule has 0 aliphatic carbocycles. The predicted molar refractivity (Wildman–Crippen MR) is 25.4 cm³/mol. The van der Waals surface area contributed by atoms with E-state index in [-0.39, 0.29) is 31.2 Å². The normalized spacial score (nSPS) is 21.5. The number of hydrogen-bond acceptors (Lipinski definition) is 3. The maximum Gasteiger partial charge on any atom is 0.165 e. The summed E-state index contributed by atoms with van der Waals surface area (Å²) in [5, 5.41) is 0. The van der Waals surface area contributed by atoms with Crippen LogP contribution in [-0.4, -0.2) is 24.8 Å². The second kappa shape index (κ2) is 2.05. The van der Waals surface area contributed by atoms with Crippen LogP contribution in [0.3, 0.4) is 0 Å². The van der Waals surface area contributed by atoms with E-state index in [1.165, 1.54) is 0 Å². The quantitative estimate of drug-likeness (QED) is 0.400. The van der Waals surface area contributed by atoms with Crippen LogP contribution in [0.1, 0.15) is 6.42 Å². The van der Waals surface area contributed by atoms with Crippen molar-refractivity contribution in [2.24, 2.45) is 0 Å². The minimum absolute atomic E-state index is 0.0694. The minimum Gasteiger partial charge on any atom is -0.366 e. The van der Waals surface area contributed by atoms with Crippen LogP contribution in [0.15, 0.2) is 0 Å². The molecule has 0 bridgehead atoms. The summed E-state index contributed by atoms with van der Waals surface area (Å²) >= 11 is 0. The van der Waals surface area contributed by atoms with E-state index < -0.39 is 0 Å². The van der Waals surface area contributed by atoms with Gasteiger partial charge in [-0.1, -0.05) is 0 Å². The first kappa shape index (κ1) is 5.44. The second-order valence-electron chi connectivity index (χ2n) is 1.75. The Labute approximate surface area is 46.6 Å². The van der Waals surface area contributed by atoms with Gasteiger partial charge in [-0.3, -0.25) is 9.59 Å². The molecule has 1 rings (SSSR count). The molecule has 1 fully saturated rings. The fourth-order valence-corrected chi connectivity index (χ4v) is 0.601. The number of carbonyl (C=O) groups is 2. The van der Waals surface area contributed by atoms with E-state index in [0.717, 1.165) is 0 Å². The summed E-state index contributed by atoms with van der Waals surface area (Å²) in [6.45, 7) is 0.234. The van der Waals surface area contributed by atoms with Gasteiger partial charge in [-0.15, -0.1) is 0 Å². The maximum atomic E-state index is 10.3. The second-order valence-corrected chi connectivity index (χ2v) is 1.75. The molecular weight excluding hydrogens is 108 g/mol. The molecule has 1 aliphatic rings. The molecule has 0 saturated carbocycles. The molecule has 0 aromatic rings. The smallest absolute Gasteiger partial charge is 0.165 e. The molecule has 3 heteroatoms. The van der Waals surface area contributed by atoms with Crippen molar-refractivity contribution in [2.75, 3.05) is 13.2 Å². The lowest BCUT2D eigenvalue weighted by molar-refractivity contribution is -0.138. The number of carbonyl (C=O) groups excluding carboxylic acids is 2. The Morgan fingerprint density at radius 2 is 1.62 bits per heavy atom. The van der Waals surface area contributed by atoms with E-state index in [0.29, 0.717) is 0 Å². The van der Waals surface area contributed by atoms with Crippen molar-refractivity contribution < 1.29 is 14.3 Å². The first-order valence-electron chi connectivity index (χ1n) is 2.40. The molecule has 0 aromatic heterocycles. The molecule has 0 atom stereocenters. The Hall–Kier alpha value is -0.700. The van der Waals surface area contributed by atoms with Gasteiger partial charge in [0.2, 0.25) is 0 Å². The number of Topliss-reactive ketones (excluding diaryl/α,β-unsaturated/α-hetero) is 2. The molecular formula is C5H6O3. The van der Waals surface area contributed by atoms with Gasteiger partial charge in [0.15, 0.2) is 11.6 Å². The Kier molecular flexibility index (Phi) is 1.39. The van der Waals surface area contributed by atoms with Gasteiger partial charge in [-0.25, -0.2) is 0 Å². The molecule has 1 saturated heterocycles. The molecule has 0 radical (unpaired) electrons. The van der Waals surface area contributed by atoms with Crippen LogP contribution in [-0.2, 0) is 14.3 Å². The van der Waals surface area contributed by atoms with Crippen molar-refractivity contribution in [3.05, 3.63) is 0 Å². The Balaban J connectivity index is 2.45. The van der Waals surface area contributed by atoms with Crippen LogP contribution in [0.5, 0.6) is 0 Å². The summed E-state index contributed by atoms with van der Waals surface area (Å²) in [5.74, 6) is -0.220. The van der Waals surface area contributed by atoms with Gasteiger partial charge in [0, 0.05) is 0 Å². The zero-order valence-corrected chi connectivity index (χ0v) is 4.35. The van der Waals surface area contributed by atoms with Crippen molar-refractivity contribution in [3.8, 4) is 0 Å². The third kappa shape index (κ3) is 1.13. The first-order chi connectivity index (χ1) is 3.79. The number of ketones is 2. The molecule has 1 aliphatic heterocycles. The molecule has 8 heavy (non-hydrogen) atoms. The zero-order valence-electron chi connectivity index (χ0n) is 4.35. The van der Waals surface area contributed by atoms with Gasteiger partial charge in [0.25, 0.3) is 0 Å². The van der Waals surface area contributed by atoms with E-state index in [4.69, 9.17) is 0 Å². The van der Waals surface area contributed by atoms with E-state index >= 15 is 0 Å². The fraction of sp³-hybridized carbons (Fsp3) is 0.600. The summed E-state index contributed by atoms with van der Waals surface area (Å²) < 4.78 is 4.59. The number of rotatable bonds is 0. The third-order valence-corrected chi connectivity index (χ3v) is 0.920. The van der Waals surface area contributed by atoms with Crippen molar-refractivity contribution in [3.63, 3.8) is 0 Å². The molecule has 3 nitrogen and oxygen atoms in total. The van der Waals surface area contributed by atoms with Gasteiger partial charge in [0.05, 0.1) is 6.42 Å². The largest absolute Gasteiger partial charge is 0.366 e. The summed E-state index contributed by atoms with van der Waals surface area (Å²) in [4.78, 5) is 20.7. The highest BCUT2D eigenvalue weighted by atomic mass is 16.5. The Bertz CT molecular complexity index is 114. The van der Waals surface area contributed by atoms with Gasteiger partial charge in [0.1, 0.15) is 13.2 Å². The monoisotopic (exact) mass is 114 g/mol. The Morgan fingerprint density at radius 1 is 1.12 bits per heavy atom. The van der Waals surface area contributed by atoms with Crippen molar-refractivity contribution in [1.29, 1.82) is 0 Å². The van der Waals surface area contributed by atoms with Gasteiger partial charge >= 0.3 is 0 Å². The lowest BCUT2D eigenvalue weighted by atomic mass is 10.2. The summed E-state index contributed by atoms with van der Waals surface area (Å²) in [6.07, 6.45) is 0.0694. The highest BCUT2D eigenvalue weighted by molar-refractivity contribution is 6.01. The molecule has 0 aromatic carbocycles. The minimum atomic E-state index is -0.110. The van der Waals surface area contributed by atoms with Crippen LogP contribution in [0.2, 0.25) is 0 Å². The van der Waals surface area contributed by atoms with E-state index in [1.54, 1.807) is 0 Å². The maximum absolute atomic E-state index is 10.3. The topological polar surface area (TPSA) is 43.4 Å². The van der Waals surface area contributed by atoms with E-state index in [9.17, 15) is 9.59 Å². The highest BCUT2D eigenvalue weighted by Crippen LogP contribution is 1.95. The number of ether oxygens (including phenoxy) is 1. The molecule has 44 valence electrons. The van der Waals surface area contributed by atoms with Crippen molar-refractivity contribution in [2.45, 2.75) is 6.42 Å². The first-order valence-corrected chi connectivity index (χ1v) is 2.40. The molecule has 0 amide bonds. The summed E-state index contributed by atoms with van der Waals surface area (Å²) in [5.41, 5.74) is 0. The summed E-state index contributed by atoms with van der Waals surface area (Å²) in [7, 11) is 0. The molecule has 0 spiro atoms. The molecule has 0 unspecified atom stereocenters. The Morgan fingerprint density at radius 3 is 1.88 bits per heavy atom. The van der Waals surface area contributed by atoms with Crippen LogP contribution in [0, 0.1) is 0 Å².